The van der Waals surface area contributed by atoms with E-state index in [9.17, 15) is 18.0 Å². The number of halogens is 2. The molecule has 0 bridgehead atoms. The van der Waals surface area contributed by atoms with E-state index in [0.717, 1.165) is 11.8 Å². The summed E-state index contributed by atoms with van der Waals surface area (Å²) >= 11 is 12.5. The summed E-state index contributed by atoms with van der Waals surface area (Å²) in [7, 11) is -0.608. The third kappa shape index (κ3) is 8.61. The molecule has 3 aromatic carbocycles. The van der Waals surface area contributed by atoms with Crippen LogP contribution < -0.4 is 14.4 Å². The maximum absolute atomic E-state index is 13.7. The number of amides is 2. The zero-order valence-corrected chi connectivity index (χ0v) is 25.0. The van der Waals surface area contributed by atoms with E-state index in [2.05, 4.69) is 5.32 Å². The molecule has 8 nitrogen and oxygen atoms in total. The van der Waals surface area contributed by atoms with Gasteiger partial charge in [-0.3, -0.25) is 13.9 Å². The van der Waals surface area contributed by atoms with Crippen LogP contribution in [0.4, 0.5) is 5.69 Å². The smallest absolute Gasteiger partial charge is 0.242 e. The first kappa shape index (κ1) is 31.3. The molecule has 0 aliphatic heterocycles. The van der Waals surface area contributed by atoms with Crippen LogP contribution in [0, 0.1) is 0 Å². The zero-order chi connectivity index (χ0) is 29.3. The van der Waals surface area contributed by atoms with E-state index in [4.69, 9.17) is 27.9 Å². The van der Waals surface area contributed by atoms with Crippen LogP contribution in [-0.4, -0.2) is 58.1 Å². The Morgan fingerprint density at radius 1 is 1.00 bits per heavy atom. The van der Waals surface area contributed by atoms with Crippen molar-refractivity contribution in [3.8, 4) is 5.75 Å². The fourth-order valence-corrected chi connectivity index (χ4v) is 5.75. The topological polar surface area (TPSA) is 96.0 Å². The van der Waals surface area contributed by atoms with Gasteiger partial charge in [-0.15, -0.1) is 0 Å². The van der Waals surface area contributed by atoms with Crippen LogP contribution in [0.1, 0.15) is 24.0 Å². The molecular weight excluding hydrogens is 573 g/mol. The van der Waals surface area contributed by atoms with Crippen LogP contribution in [0.3, 0.4) is 0 Å². The highest BCUT2D eigenvalue weighted by molar-refractivity contribution is 7.92. The number of anilines is 1. The number of hydrogen-bond donors (Lipinski definition) is 1. The molecule has 0 saturated carbocycles. The molecule has 11 heteroatoms. The summed E-state index contributed by atoms with van der Waals surface area (Å²) in [5.41, 5.74) is 1.96. The lowest BCUT2D eigenvalue weighted by atomic mass is 10.0. The van der Waals surface area contributed by atoms with Crippen molar-refractivity contribution in [2.24, 2.45) is 0 Å². The van der Waals surface area contributed by atoms with E-state index in [1.807, 2.05) is 30.3 Å². The Bertz CT molecular complexity index is 1420. The molecular formula is C29H33Cl2N3O5S. The summed E-state index contributed by atoms with van der Waals surface area (Å²) in [4.78, 5) is 28.3. The molecule has 0 aliphatic rings. The third-order valence-electron chi connectivity index (χ3n) is 6.37. The van der Waals surface area contributed by atoms with Gasteiger partial charge in [0.05, 0.1) is 19.1 Å². The number of carbonyl (C=O) groups excluding carboxylic acids is 2. The lowest BCUT2D eigenvalue weighted by Gasteiger charge is -2.32. The zero-order valence-electron chi connectivity index (χ0n) is 22.6. The van der Waals surface area contributed by atoms with Crippen LogP contribution in [0.2, 0.25) is 10.0 Å². The fraction of sp³-hybridized carbons (Fsp3) is 0.310. The molecule has 3 aromatic rings. The Morgan fingerprint density at radius 2 is 1.73 bits per heavy atom. The molecule has 214 valence electrons. The van der Waals surface area contributed by atoms with Gasteiger partial charge in [0, 0.05) is 49.1 Å². The average molecular weight is 607 g/mol. The quantitative estimate of drug-likeness (QED) is 0.298. The van der Waals surface area contributed by atoms with Crippen molar-refractivity contribution in [1.29, 1.82) is 0 Å². The van der Waals surface area contributed by atoms with E-state index < -0.39 is 16.1 Å². The minimum atomic E-state index is -3.63. The number of rotatable bonds is 13. The van der Waals surface area contributed by atoms with E-state index in [0.29, 0.717) is 27.0 Å². The average Bonchev–Trinajstić information content (AvgIpc) is 2.93. The number of sulfonamides is 1. The highest BCUT2D eigenvalue weighted by Crippen LogP contribution is 2.26. The molecule has 0 aromatic heterocycles. The summed E-state index contributed by atoms with van der Waals surface area (Å²) in [6.07, 6.45) is 1.63. The molecule has 1 N–H and O–H groups in total. The third-order valence-corrected chi connectivity index (χ3v) is 8.15. The lowest BCUT2D eigenvalue weighted by molar-refractivity contribution is -0.141. The summed E-state index contributed by atoms with van der Waals surface area (Å²) in [5, 5.41) is 3.50. The molecule has 0 heterocycles. The van der Waals surface area contributed by atoms with Crippen molar-refractivity contribution in [2.75, 3.05) is 31.3 Å². The second-order valence-corrected chi connectivity index (χ2v) is 12.0. The monoisotopic (exact) mass is 605 g/mol. The highest BCUT2D eigenvalue weighted by Gasteiger charge is 2.30. The predicted molar refractivity (Wildman–Crippen MR) is 159 cm³/mol. The number of hydrogen-bond acceptors (Lipinski definition) is 5. The number of ether oxygens (including phenoxy) is 1. The Morgan fingerprint density at radius 3 is 2.35 bits per heavy atom. The Labute approximate surface area is 245 Å². The van der Waals surface area contributed by atoms with Crippen LogP contribution in [0.5, 0.6) is 5.75 Å². The molecule has 40 heavy (non-hydrogen) atoms. The minimum absolute atomic E-state index is 0.00345. The number of nitrogens with one attached hydrogen (secondary N) is 1. The Balaban J connectivity index is 1.87. The second-order valence-electron chi connectivity index (χ2n) is 9.22. The van der Waals surface area contributed by atoms with E-state index in [1.54, 1.807) is 42.5 Å². The van der Waals surface area contributed by atoms with E-state index >= 15 is 0 Å². The SMILES string of the molecule is CNC(=O)C(Cc1ccccc1)N(Cc1ccc(Cl)cc1Cl)C(=O)CCCN(c1cccc(OC)c1)S(C)(=O)=O. The number of methoxy groups -OCH3 is 1. The summed E-state index contributed by atoms with van der Waals surface area (Å²) in [6, 6.07) is 20.3. The Hall–Kier alpha value is -3.27. The van der Waals surface area contributed by atoms with Gasteiger partial charge in [-0.2, -0.15) is 0 Å². The second kappa shape index (κ2) is 14.4. The molecule has 1 atom stereocenters. The molecule has 2 amide bonds. The highest BCUT2D eigenvalue weighted by atomic mass is 35.5. The minimum Gasteiger partial charge on any atom is -0.497 e. The first-order valence-corrected chi connectivity index (χ1v) is 15.2. The van der Waals surface area contributed by atoms with Crippen molar-refractivity contribution in [3.05, 3.63) is 94.0 Å². The fourth-order valence-electron chi connectivity index (χ4n) is 4.32. The van der Waals surface area contributed by atoms with E-state index in [-0.39, 0.29) is 44.2 Å². The van der Waals surface area contributed by atoms with Crippen molar-refractivity contribution < 1.29 is 22.7 Å². The summed E-state index contributed by atoms with van der Waals surface area (Å²) in [6.45, 7) is 0.141. The molecule has 0 fully saturated rings. The van der Waals surface area contributed by atoms with Crippen molar-refractivity contribution in [1.82, 2.24) is 10.2 Å². The van der Waals surface area contributed by atoms with Gasteiger partial charge in [0.25, 0.3) is 0 Å². The van der Waals surface area contributed by atoms with Crippen molar-refractivity contribution in [3.63, 3.8) is 0 Å². The van der Waals surface area contributed by atoms with Crippen molar-refractivity contribution in [2.45, 2.75) is 31.8 Å². The predicted octanol–water partition coefficient (Wildman–Crippen LogP) is 4.93. The summed E-state index contributed by atoms with van der Waals surface area (Å²) < 4.78 is 31.7. The Kier molecular flexibility index (Phi) is 11.2. The lowest BCUT2D eigenvalue weighted by Crippen LogP contribution is -2.49. The van der Waals surface area contributed by atoms with Crippen LogP contribution >= 0.6 is 23.2 Å². The number of likely N-dealkylation sites (N-methyl/N-ethyl adjacent to an activating group) is 1. The molecule has 3 rings (SSSR count). The van der Waals surface area contributed by atoms with Gasteiger partial charge in [-0.25, -0.2) is 8.42 Å². The number of nitrogens with zero attached hydrogens (tertiary/aromatic N) is 2. The molecule has 0 radical (unpaired) electrons. The first-order chi connectivity index (χ1) is 19.0. The van der Waals surface area contributed by atoms with Gasteiger partial charge in [0.1, 0.15) is 11.8 Å². The first-order valence-electron chi connectivity index (χ1n) is 12.6. The van der Waals surface area contributed by atoms with Gasteiger partial charge in [-0.1, -0.05) is 65.7 Å². The largest absolute Gasteiger partial charge is 0.497 e. The van der Waals surface area contributed by atoms with Crippen LogP contribution in [-0.2, 0) is 32.6 Å². The van der Waals surface area contributed by atoms with Gasteiger partial charge in [-0.05, 0) is 41.8 Å². The van der Waals surface area contributed by atoms with Crippen molar-refractivity contribution >= 4 is 50.7 Å². The molecule has 0 saturated heterocycles. The number of carbonyl (C=O) groups is 2. The normalized spacial score (nSPS) is 11.9. The van der Waals surface area contributed by atoms with Gasteiger partial charge in [0.15, 0.2) is 0 Å². The number of benzene rings is 3. The summed E-state index contributed by atoms with van der Waals surface area (Å²) in [5.74, 6) is -0.117. The van der Waals surface area contributed by atoms with E-state index in [1.165, 1.54) is 23.4 Å². The van der Waals surface area contributed by atoms with Crippen LogP contribution in [0.25, 0.3) is 0 Å². The maximum atomic E-state index is 13.7. The molecule has 1 unspecified atom stereocenters. The molecule has 0 aliphatic carbocycles. The van der Waals surface area contributed by atoms with Crippen LogP contribution in [0.15, 0.2) is 72.8 Å². The standard InChI is InChI=1S/C29H33Cl2N3O5S/c1-32-29(36)27(17-21-9-5-4-6-10-21)33(20-22-14-15-23(30)18-26(22)31)28(35)13-8-16-34(40(3,37)38)24-11-7-12-25(19-24)39-2/h4-7,9-12,14-15,18-19,27H,8,13,16-17,20H2,1-3H3,(H,32,36). The van der Waals surface area contributed by atoms with Gasteiger partial charge in [0.2, 0.25) is 21.8 Å². The van der Waals surface area contributed by atoms with Gasteiger partial charge < -0.3 is 15.0 Å². The maximum Gasteiger partial charge on any atom is 0.242 e. The van der Waals surface area contributed by atoms with Gasteiger partial charge >= 0.3 is 0 Å². The molecule has 0 spiro atoms.